The summed E-state index contributed by atoms with van der Waals surface area (Å²) in [5.74, 6) is -1.53. The van der Waals surface area contributed by atoms with E-state index in [-0.39, 0.29) is 17.3 Å². The summed E-state index contributed by atoms with van der Waals surface area (Å²) in [6.07, 6.45) is 1.59. The van der Waals surface area contributed by atoms with Crippen molar-refractivity contribution in [1.82, 2.24) is 9.47 Å². The molecular formula is C20H19FN2O4S. The van der Waals surface area contributed by atoms with Gasteiger partial charge in [0, 0.05) is 11.4 Å². The lowest BCUT2D eigenvalue weighted by Crippen LogP contribution is -2.34. The molecule has 1 saturated heterocycles. The standard InChI is InChI=1S/C20H19FN2O4S/c1-4-27-18(24)11-22-19(25)17(28-20(22)26)10-14-9-12(2)23(13(14)3)16-8-6-5-7-15(16)21/h5-10H,4,11H2,1-3H3/b17-10-. The number of hydrogen-bond acceptors (Lipinski definition) is 5. The number of esters is 1. The Morgan fingerprint density at radius 2 is 1.96 bits per heavy atom. The first-order valence-corrected chi connectivity index (χ1v) is 9.50. The van der Waals surface area contributed by atoms with Crippen molar-refractivity contribution < 1.29 is 23.5 Å². The summed E-state index contributed by atoms with van der Waals surface area (Å²) in [6, 6.07) is 8.24. The van der Waals surface area contributed by atoms with E-state index in [9.17, 15) is 18.8 Å². The second-order valence-electron chi connectivity index (χ2n) is 6.19. The van der Waals surface area contributed by atoms with E-state index in [2.05, 4.69) is 0 Å². The number of carbonyl (C=O) groups is 3. The molecule has 0 radical (unpaired) electrons. The van der Waals surface area contributed by atoms with E-state index in [1.165, 1.54) is 6.07 Å². The Labute approximate surface area is 166 Å². The van der Waals surface area contributed by atoms with Gasteiger partial charge < -0.3 is 9.30 Å². The molecule has 1 aliphatic heterocycles. The molecule has 1 aliphatic rings. The van der Waals surface area contributed by atoms with Crippen molar-refractivity contribution >= 4 is 35.0 Å². The number of nitrogens with zero attached hydrogens (tertiary/aromatic N) is 2. The first-order chi connectivity index (χ1) is 13.3. The summed E-state index contributed by atoms with van der Waals surface area (Å²) in [4.78, 5) is 37.3. The number of amides is 2. The molecule has 1 aromatic heterocycles. The van der Waals surface area contributed by atoms with Crippen molar-refractivity contribution in [2.45, 2.75) is 20.8 Å². The molecule has 0 unspecified atom stereocenters. The van der Waals surface area contributed by atoms with Gasteiger partial charge in [0.2, 0.25) is 0 Å². The zero-order chi connectivity index (χ0) is 20.4. The molecule has 0 atom stereocenters. The van der Waals surface area contributed by atoms with Crippen LogP contribution in [0.3, 0.4) is 0 Å². The number of thioether (sulfide) groups is 1. The predicted octanol–water partition coefficient (Wildman–Crippen LogP) is 3.83. The van der Waals surface area contributed by atoms with Gasteiger partial charge in [-0.3, -0.25) is 19.3 Å². The molecule has 3 rings (SSSR count). The summed E-state index contributed by atoms with van der Waals surface area (Å²) in [5.41, 5.74) is 2.63. The Hall–Kier alpha value is -2.87. The van der Waals surface area contributed by atoms with Gasteiger partial charge in [-0.1, -0.05) is 12.1 Å². The first-order valence-electron chi connectivity index (χ1n) is 8.68. The van der Waals surface area contributed by atoms with E-state index in [4.69, 9.17) is 4.74 Å². The van der Waals surface area contributed by atoms with E-state index < -0.39 is 23.7 Å². The number of aryl methyl sites for hydroxylation is 1. The molecule has 28 heavy (non-hydrogen) atoms. The van der Waals surface area contributed by atoms with Crippen molar-refractivity contribution in [2.75, 3.05) is 13.2 Å². The fourth-order valence-corrected chi connectivity index (χ4v) is 3.88. The topological polar surface area (TPSA) is 68.6 Å². The lowest BCUT2D eigenvalue weighted by atomic mass is 10.2. The number of imide groups is 1. The van der Waals surface area contributed by atoms with E-state index in [0.717, 1.165) is 28.0 Å². The highest BCUT2D eigenvalue weighted by Crippen LogP contribution is 2.33. The zero-order valence-electron chi connectivity index (χ0n) is 15.7. The van der Waals surface area contributed by atoms with Crippen molar-refractivity contribution in [3.8, 4) is 5.69 Å². The number of rotatable bonds is 5. The van der Waals surface area contributed by atoms with Crippen LogP contribution in [0.15, 0.2) is 35.2 Å². The normalized spacial score (nSPS) is 15.6. The van der Waals surface area contributed by atoms with E-state index in [1.807, 2.05) is 19.9 Å². The number of para-hydroxylation sites is 1. The van der Waals surface area contributed by atoms with Gasteiger partial charge in [-0.05, 0) is 62.4 Å². The molecule has 146 valence electrons. The quantitative estimate of drug-likeness (QED) is 0.562. The highest BCUT2D eigenvalue weighted by molar-refractivity contribution is 8.18. The van der Waals surface area contributed by atoms with Crippen LogP contribution in [-0.4, -0.2) is 39.7 Å². The second kappa shape index (κ2) is 8.02. The first kappa shape index (κ1) is 19.9. The molecule has 0 bridgehead atoms. The molecule has 1 aromatic carbocycles. The molecule has 2 aromatic rings. The maximum atomic E-state index is 14.2. The van der Waals surface area contributed by atoms with Gasteiger partial charge in [-0.25, -0.2) is 4.39 Å². The molecule has 0 N–H and O–H groups in total. The molecule has 6 nitrogen and oxygen atoms in total. The molecule has 2 amide bonds. The van der Waals surface area contributed by atoms with Crippen molar-refractivity contribution in [3.63, 3.8) is 0 Å². The van der Waals surface area contributed by atoms with Crippen LogP contribution < -0.4 is 0 Å². The third-order valence-corrected chi connectivity index (χ3v) is 5.22. The van der Waals surface area contributed by atoms with Crippen LogP contribution in [0, 0.1) is 19.7 Å². The van der Waals surface area contributed by atoms with E-state index in [0.29, 0.717) is 11.3 Å². The molecular weight excluding hydrogens is 383 g/mol. The summed E-state index contributed by atoms with van der Waals surface area (Å²) in [5, 5.41) is -0.521. The molecule has 2 heterocycles. The number of carbonyl (C=O) groups excluding carboxylic acids is 3. The molecule has 1 fully saturated rings. The highest BCUT2D eigenvalue weighted by Gasteiger charge is 2.36. The summed E-state index contributed by atoms with van der Waals surface area (Å²) in [7, 11) is 0. The Bertz CT molecular complexity index is 996. The lowest BCUT2D eigenvalue weighted by molar-refractivity contribution is -0.145. The summed E-state index contributed by atoms with van der Waals surface area (Å²) in [6.45, 7) is 5.06. The zero-order valence-corrected chi connectivity index (χ0v) is 16.5. The minimum Gasteiger partial charge on any atom is -0.465 e. The number of hydrogen-bond donors (Lipinski definition) is 0. The Morgan fingerprint density at radius 1 is 1.25 bits per heavy atom. The van der Waals surface area contributed by atoms with Crippen molar-refractivity contribution in [3.05, 3.63) is 58.0 Å². The van der Waals surface area contributed by atoms with Crippen LogP contribution in [0.2, 0.25) is 0 Å². The maximum Gasteiger partial charge on any atom is 0.326 e. The second-order valence-corrected chi connectivity index (χ2v) is 7.18. The largest absolute Gasteiger partial charge is 0.465 e. The lowest BCUT2D eigenvalue weighted by Gasteiger charge is -2.11. The smallest absolute Gasteiger partial charge is 0.326 e. The monoisotopic (exact) mass is 402 g/mol. The van der Waals surface area contributed by atoms with E-state index >= 15 is 0 Å². The number of benzene rings is 1. The SMILES string of the molecule is CCOC(=O)CN1C(=O)S/C(=C\c2cc(C)n(-c3ccccc3F)c2C)C1=O. The number of halogens is 1. The van der Waals surface area contributed by atoms with Crippen LogP contribution >= 0.6 is 11.8 Å². The van der Waals surface area contributed by atoms with Crippen LogP contribution in [-0.2, 0) is 14.3 Å². The maximum absolute atomic E-state index is 14.2. The van der Waals surface area contributed by atoms with Crippen LogP contribution in [0.4, 0.5) is 9.18 Å². The van der Waals surface area contributed by atoms with Gasteiger partial charge in [0.15, 0.2) is 0 Å². The Morgan fingerprint density at radius 3 is 2.64 bits per heavy atom. The fourth-order valence-electron chi connectivity index (χ4n) is 3.05. The third-order valence-electron chi connectivity index (χ3n) is 4.32. The molecule has 0 aliphatic carbocycles. The van der Waals surface area contributed by atoms with E-state index in [1.54, 1.807) is 35.8 Å². The minimum absolute atomic E-state index is 0.174. The average Bonchev–Trinajstić information content (AvgIpc) is 3.06. The Balaban J connectivity index is 1.92. The summed E-state index contributed by atoms with van der Waals surface area (Å²) < 4.78 is 20.8. The van der Waals surface area contributed by atoms with Gasteiger partial charge >= 0.3 is 5.97 Å². The average molecular weight is 402 g/mol. The van der Waals surface area contributed by atoms with Gasteiger partial charge in [0.1, 0.15) is 12.4 Å². The molecule has 0 spiro atoms. The minimum atomic E-state index is -0.635. The third kappa shape index (κ3) is 3.73. The Kier molecular flexibility index (Phi) is 5.69. The summed E-state index contributed by atoms with van der Waals surface area (Å²) >= 11 is 0.767. The molecule has 0 saturated carbocycles. The van der Waals surface area contributed by atoms with Crippen LogP contribution in [0.5, 0.6) is 0 Å². The number of ether oxygens (including phenoxy) is 1. The van der Waals surface area contributed by atoms with Crippen molar-refractivity contribution in [2.24, 2.45) is 0 Å². The van der Waals surface area contributed by atoms with Gasteiger partial charge in [-0.2, -0.15) is 0 Å². The van der Waals surface area contributed by atoms with Gasteiger partial charge in [0.05, 0.1) is 17.2 Å². The fraction of sp³-hybridized carbons (Fsp3) is 0.250. The predicted molar refractivity (Wildman–Crippen MR) is 105 cm³/mol. The van der Waals surface area contributed by atoms with Crippen LogP contribution in [0.1, 0.15) is 23.9 Å². The molecule has 8 heteroatoms. The highest BCUT2D eigenvalue weighted by atomic mass is 32.2. The number of aromatic nitrogens is 1. The van der Waals surface area contributed by atoms with Crippen LogP contribution in [0.25, 0.3) is 11.8 Å². The van der Waals surface area contributed by atoms with Crippen molar-refractivity contribution in [1.29, 1.82) is 0 Å². The van der Waals surface area contributed by atoms with Gasteiger partial charge in [-0.15, -0.1) is 0 Å². The van der Waals surface area contributed by atoms with Gasteiger partial charge in [0.25, 0.3) is 11.1 Å².